The van der Waals surface area contributed by atoms with Crippen molar-refractivity contribution < 1.29 is 4.79 Å². The number of H-pyrrole nitrogens is 1. The topological polar surface area (TPSA) is 119 Å². The molecule has 0 aliphatic rings. The van der Waals surface area contributed by atoms with E-state index in [4.69, 9.17) is 16.7 Å². The van der Waals surface area contributed by atoms with E-state index < -0.39 is 17.4 Å². The molecule has 10 nitrogen and oxygen atoms in total. The number of halogens is 1. The number of urea groups is 1. The van der Waals surface area contributed by atoms with Gasteiger partial charge >= 0.3 is 17.4 Å². The third-order valence-corrected chi connectivity index (χ3v) is 5.60. The Kier molecular flexibility index (Phi) is 6.40. The van der Waals surface area contributed by atoms with Crippen molar-refractivity contribution in [3.63, 3.8) is 0 Å². The third kappa shape index (κ3) is 5.38. The van der Waals surface area contributed by atoms with Gasteiger partial charge in [-0.25, -0.2) is 33.4 Å². The molecule has 2 aromatic heterocycles. The van der Waals surface area contributed by atoms with Crippen molar-refractivity contribution in [2.75, 3.05) is 10.6 Å². The van der Waals surface area contributed by atoms with Gasteiger partial charge in [-0.3, -0.25) is 5.32 Å². The predicted octanol–water partition coefficient (Wildman–Crippen LogP) is 3.70. The zero-order valence-corrected chi connectivity index (χ0v) is 20.6. The normalized spacial score (nSPS) is 11.5. The third-order valence-electron chi connectivity index (χ3n) is 5.34. The first-order chi connectivity index (χ1) is 16.5. The summed E-state index contributed by atoms with van der Waals surface area (Å²) in [5, 5.41) is 13.4. The van der Waals surface area contributed by atoms with Gasteiger partial charge in [-0.15, -0.1) is 0 Å². The van der Waals surface area contributed by atoms with E-state index in [1.54, 1.807) is 28.9 Å². The quantitative estimate of drug-likeness (QED) is 0.391. The number of aryl methyl sites for hydroxylation is 1. The molecule has 4 aromatic rings. The second-order valence-electron chi connectivity index (χ2n) is 9.18. The lowest BCUT2D eigenvalue weighted by Gasteiger charge is -2.14. The van der Waals surface area contributed by atoms with Crippen molar-refractivity contribution >= 4 is 29.1 Å². The van der Waals surface area contributed by atoms with Crippen LogP contribution in [-0.4, -0.2) is 30.2 Å². The number of carbonyl (C=O) groups excluding carboxylic acids is 1. The van der Waals surface area contributed by atoms with Gasteiger partial charge < -0.3 is 5.32 Å². The van der Waals surface area contributed by atoms with Gasteiger partial charge in [0.2, 0.25) is 0 Å². The summed E-state index contributed by atoms with van der Waals surface area (Å²) in [5.41, 5.74) is 1.58. The number of aromatic nitrogens is 5. The zero-order valence-electron chi connectivity index (χ0n) is 19.8. The smallest absolute Gasteiger partial charge is 0.308 e. The molecule has 0 radical (unpaired) electrons. The first kappa shape index (κ1) is 24.1. The summed E-state index contributed by atoms with van der Waals surface area (Å²) in [5.74, 6) is 0.466. The lowest BCUT2D eigenvalue weighted by Crippen LogP contribution is -2.28. The van der Waals surface area contributed by atoms with Crippen LogP contribution >= 0.6 is 11.6 Å². The van der Waals surface area contributed by atoms with Gasteiger partial charge in [0.25, 0.3) is 0 Å². The Morgan fingerprint density at radius 3 is 2.40 bits per heavy atom. The number of carbonyl (C=O) groups is 1. The van der Waals surface area contributed by atoms with Crippen LogP contribution in [0.25, 0.3) is 5.69 Å². The van der Waals surface area contributed by atoms with Gasteiger partial charge in [-0.05, 0) is 42.0 Å². The van der Waals surface area contributed by atoms with Gasteiger partial charge in [0.15, 0.2) is 0 Å². The molecule has 0 aliphatic heterocycles. The molecule has 2 heterocycles. The van der Waals surface area contributed by atoms with Crippen LogP contribution in [0.1, 0.15) is 32.0 Å². The highest BCUT2D eigenvalue weighted by Gasteiger charge is 2.22. The van der Waals surface area contributed by atoms with Gasteiger partial charge in [-0.2, -0.15) is 5.10 Å². The highest BCUT2D eigenvalue weighted by molar-refractivity contribution is 6.30. The maximum Gasteiger partial charge on any atom is 0.346 e. The number of rotatable bonds is 5. The van der Waals surface area contributed by atoms with Crippen LogP contribution in [-0.2, 0) is 19.0 Å². The molecular weight excluding hydrogens is 470 g/mol. The Morgan fingerprint density at radius 1 is 1.06 bits per heavy atom. The van der Waals surface area contributed by atoms with Gasteiger partial charge in [0.05, 0.1) is 17.9 Å². The summed E-state index contributed by atoms with van der Waals surface area (Å²) >= 11 is 5.92. The lowest BCUT2D eigenvalue weighted by molar-refractivity contribution is 0.262. The van der Waals surface area contributed by atoms with Crippen molar-refractivity contribution in [1.29, 1.82) is 0 Å². The van der Waals surface area contributed by atoms with E-state index in [1.165, 1.54) is 7.05 Å². The Labute approximate surface area is 206 Å². The summed E-state index contributed by atoms with van der Waals surface area (Å²) in [6, 6.07) is 15.4. The van der Waals surface area contributed by atoms with Gasteiger partial charge in [0.1, 0.15) is 5.82 Å². The SMILES string of the molecule is Cn1[nH]c(=O)n(Cc2cccc(-n3nc(C(C)(C)C)cc3NC(=O)Nc3ccc(Cl)cc3)c2)c1=O. The number of anilines is 2. The van der Waals surface area contributed by atoms with Gasteiger partial charge in [-0.1, -0.05) is 44.5 Å². The molecule has 2 aromatic carbocycles. The minimum absolute atomic E-state index is 0.0933. The number of aromatic amines is 1. The predicted molar refractivity (Wildman–Crippen MR) is 136 cm³/mol. The number of benzene rings is 2. The molecule has 2 amide bonds. The van der Waals surface area contributed by atoms with Crippen molar-refractivity contribution in [1.82, 2.24) is 24.1 Å². The van der Waals surface area contributed by atoms with Crippen LogP contribution in [0.2, 0.25) is 5.02 Å². The molecule has 182 valence electrons. The molecular formula is C24H26ClN7O3. The van der Waals surface area contributed by atoms with Crippen molar-refractivity contribution in [2.45, 2.75) is 32.7 Å². The van der Waals surface area contributed by atoms with Crippen LogP contribution < -0.4 is 22.0 Å². The van der Waals surface area contributed by atoms with Crippen LogP contribution in [0.3, 0.4) is 0 Å². The second-order valence-corrected chi connectivity index (χ2v) is 9.61. The van der Waals surface area contributed by atoms with E-state index in [1.807, 2.05) is 51.1 Å². The van der Waals surface area contributed by atoms with E-state index in [9.17, 15) is 14.4 Å². The minimum atomic E-state index is -0.488. The Balaban J connectivity index is 1.66. The van der Waals surface area contributed by atoms with E-state index in [0.29, 0.717) is 22.2 Å². The summed E-state index contributed by atoms with van der Waals surface area (Å²) in [7, 11) is 1.49. The molecule has 11 heteroatoms. The van der Waals surface area contributed by atoms with Crippen LogP contribution in [0.5, 0.6) is 0 Å². The van der Waals surface area contributed by atoms with Crippen molar-refractivity contribution in [3.8, 4) is 5.69 Å². The van der Waals surface area contributed by atoms with E-state index in [2.05, 4.69) is 15.7 Å². The molecule has 35 heavy (non-hydrogen) atoms. The number of hydrogen-bond acceptors (Lipinski definition) is 4. The fourth-order valence-corrected chi connectivity index (χ4v) is 3.60. The highest BCUT2D eigenvalue weighted by Crippen LogP contribution is 2.27. The Hall–Kier alpha value is -4.05. The molecule has 3 N–H and O–H groups in total. The lowest BCUT2D eigenvalue weighted by atomic mass is 9.92. The average Bonchev–Trinajstić information content (AvgIpc) is 3.32. The number of nitrogens with zero attached hydrogens (tertiary/aromatic N) is 4. The summed E-state index contributed by atoms with van der Waals surface area (Å²) < 4.78 is 3.88. The first-order valence-electron chi connectivity index (χ1n) is 10.9. The standard InChI is InChI=1S/C24H26ClN7O3/c1-24(2,3)19-13-20(27-21(33)26-17-10-8-16(25)9-11-17)32(28-19)18-7-5-6-15(12-18)14-31-22(34)29-30(4)23(31)35/h5-13H,14H2,1-4H3,(H,29,34)(H2,26,27,33). The van der Waals surface area contributed by atoms with E-state index >= 15 is 0 Å². The summed E-state index contributed by atoms with van der Waals surface area (Å²) in [6.45, 7) is 6.18. The van der Waals surface area contributed by atoms with Crippen molar-refractivity contribution in [3.05, 3.63) is 91.8 Å². The summed E-state index contributed by atoms with van der Waals surface area (Å²) in [6.07, 6.45) is 0. The van der Waals surface area contributed by atoms with Crippen LogP contribution in [0.15, 0.2) is 64.2 Å². The largest absolute Gasteiger partial charge is 0.346 e. The number of hydrogen-bond donors (Lipinski definition) is 3. The number of amides is 2. The first-order valence-corrected chi connectivity index (χ1v) is 11.3. The molecule has 0 fully saturated rings. The van der Waals surface area contributed by atoms with Gasteiger partial charge in [0, 0.05) is 29.2 Å². The molecule has 0 saturated heterocycles. The minimum Gasteiger partial charge on any atom is -0.308 e. The van der Waals surface area contributed by atoms with E-state index in [-0.39, 0.29) is 12.0 Å². The monoisotopic (exact) mass is 495 g/mol. The fraction of sp³-hybridized carbons (Fsp3) is 0.250. The number of nitrogens with one attached hydrogen (secondary N) is 3. The second kappa shape index (κ2) is 9.30. The molecule has 0 bridgehead atoms. The van der Waals surface area contributed by atoms with Crippen LogP contribution in [0.4, 0.5) is 16.3 Å². The highest BCUT2D eigenvalue weighted by atomic mass is 35.5. The molecule has 4 rings (SSSR count). The Bertz CT molecular complexity index is 1490. The van der Waals surface area contributed by atoms with Crippen molar-refractivity contribution in [2.24, 2.45) is 7.05 Å². The Morgan fingerprint density at radius 2 is 1.77 bits per heavy atom. The maximum atomic E-state index is 12.7. The van der Waals surface area contributed by atoms with Crippen LogP contribution in [0, 0.1) is 0 Å². The molecule has 0 spiro atoms. The summed E-state index contributed by atoms with van der Waals surface area (Å²) in [4.78, 5) is 37.0. The molecule has 0 saturated carbocycles. The fourth-order valence-electron chi connectivity index (χ4n) is 3.47. The molecule has 0 atom stereocenters. The van der Waals surface area contributed by atoms with E-state index in [0.717, 1.165) is 20.5 Å². The zero-order chi connectivity index (χ0) is 25.3. The molecule has 0 aliphatic carbocycles. The maximum absolute atomic E-state index is 12.7. The average molecular weight is 496 g/mol. The molecule has 0 unspecified atom stereocenters.